The number of nitrogens with two attached hydrogens (primary N) is 1. The number of aromatic amines is 1. The van der Waals surface area contributed by atoms with E-state index in [9.17, 15) is 0 Å². The number of nitrogens with zero attached hydrogens (tertiary/aromatic N) is 4. The highest BCUT2D eigenvalue weighted by atomic mass is 15.3. The van der Waals surface area contributed by atoms with Crippen LogP contribution in [0.2, 0.25) is 0 Å². The minimum Gasteiger partial charge on any atom is -0.346 e. The summed E-state index contributed by atoms with van der Waals surface area (Å²) in [5.74, 6) is 0. The third kappa shape index (κ3) is 1.28. The van der Waals surface area contributed by atoms with E-state index >= 15 is 0 Å². The Labute approximate surface area is 91.1 Å². The van der Waals surface area contributed by atoms with Crippen molar-refractivity contribution < 1.29 is 0 Å². The highest BCUT2D eigenvalue weighted by Gasteiger charge is 2.08. The molecule has 6 nitrogen and oxygen atoms in total. The van der Waals surface area contributed by atoms with E-state index in [1.807, 2.05) is 18.5 Å². The standard InChI is InChI=1S/C10H10N6/c11-5-16-4-7(3-15-16)9-8-1-2-12-10(8)14-6-13-9/h1-4,6H,5,11H2,(H,12,13,14). The van der Waals surface area contributed by atoms with Crippen molar-refractivity contribution >= 4 is 11.0 Å². The molecule has 3 heterocycles. The molecule has 0 unspecified atom stereocenters. The van der Waals surface area contributed by atoms with Crippen molar-refractivity contribution in [1.82, 2.24) is 24.7 Å². The van der Waals surface area contributed by atoms with Gasteiger partial charge in [0, 0.05) is 23.3 Å². The summed E-state index contributed by atoms with van der Waals surface area (Å²) in [6.07, 6.45) is 7.00. The quantitative estimate of drug-likeness (QED) is 0.658. The molecule has 3 N–H and O–H groups in total. The molecule has 0 aromatic carbocycles. The van der Waals surface area contributed by atoms with Gasteiger partial charge in [-0.25, -0.2) is 9.97 Å². The lowest BCUT2D eigenvalue weighted by atomic mass is 10.2. The SMILES string of the molecule is NCn1cc(-c2ncnc3[nH]ccc23)cn1. The Morgan fingerprint density at radius 1 is 1.38 bits per heavy atom. The third-order valence-electron chi connectivity index (χ3n) is 2.45. The Morgan fingerprint density at radius 2 is 2.31 bits per heavy atom. The summed E-state index contributed by atoms with van der Waals surface area (Å²) in [6.45, 7) is 0.362. The molecule has 3 aromatic heterocycles. The second-order valence-corrected chi connectivity index (χ2v) is 3.41. The molecule has 0 radical (unpaired) electrons. The Hall–Kier alpha value is -2.21. The number of nitrogens with one attached hydrogen (secondary N) is 1. The molecular formula is C10H10N6. The van der Waals surface area contributed by atoms with E-state index in [4.69, 9.17) is 5.73 Å². The van der Waals surface area contributed by atoms with Crippen LogP contribution in [0.4, 0.5) is 0 Å². The molecule has 3 rings (SSSR count). The fraction of sp³-hybridized carbons (Fsp3) is 0.100. The molecule has 0 aliphatic rings. The summed E-state index contributed by atoms with van der Waals surface area (Å²) in [4.78, 5) is 11.5. The van der Waals surface area contributed by atoms with Crippen molar-refractivity contribution in [3.05, 3.63) is 31.0 Å². The van der Waals surface area contributed by atoms with Gasteiger partial charge in [-0.05, 0) is 6.07 Å². The van der Waals surface area contributed by atoms with Crippen LogP contribution in [0.25, 0.3) is 22.3 Å². The summed E-state index contributed by atoms with van der Waals surface area (Å²) >= 11 is 0. The van der Waals surface area contributed by atoms with Gasteiger partial charge in [0.05, 0.1) is 18.6 Å². The van der Waals surface area contributed by atoms with E-state index in [-0.39, 0.29) is 0 Å². The summed E-state index contributed by atoms with van der Waals surface area (Å²) in [5, 5.41) is 5.11. The smallest absolute Gasteiger partial charge is 0.141 e. The molecule has 0 aliphatic carbocycles. The van der Waals surface area contributed by atoms with Gasteiger partial charge in [0.2, 0.25) is 0 Å². The molecule has 0 amide bonds. The lowest BCUT2D eigenvalue weighted by Gasteiger charge is -1.97. The molecule has 0 fully saturated rings. The van der Waals surface area contributed by atoms with E-state index < -0.39 is 0 Å². The lowest BCUT2D eigenvalue weighted by Crippen LogP contribution is -2.06. The summed E-state index contributed by atoms with van der Waals surface area (Å²) in [6, 6.07) is 1.95. The van der Waals surface area contributed by atoms with Crippen LogP contribution < -0.4 is 5.73 Å². The van der Waals surface area contributed by atoms with Crippen LogP contribution in [0.3, 0.4) is 0 Å². The van der Waals surface area contributed by atoms with Gasteiger partial charge in [-0.2, -0.15) is 5.10 Å². The zero-order chi connectivity index (χ0) is 11.0. The zero-order valence-corrected chi connectivity index (χ0v) is 8.46. The number of rotatable bonds is 2. The van der Waals surface area contributed by atoms with Crippen molar-refractivity contribution in [2.75, 3.05) is 0 Å². The molecule has 0 aliphatic heterocycles. The Balaban J connectivity index is 2.21. The van der Waals surface area contributed by atoms with E-state index in [1.54, 1.807) is 10.9 Å². The normalized spacial score (nSPS) is 11.1. The van der Waals surface area contributed by atoms with E-state index in [2.05, 4.69) is 20.1 Å². The van der Waals surface area contributed by atoms with Crippen molar-refractivity contribution in [1.29, 1.82) is 0 Å². The van der Waals surface area contributed by atoms with E-state index in [0.717, 1.165) is 22.3 Å². The molecule has 6 heteroatoms. The van der Waals surface area contributed by atoms with Crippen LogP contribution in [-0.4, -0.2) is 24.7 Å². The first-order valence-corrected chi connectivity index (χ1v) is 4.89. The minimum atomic E-state index is 0.362. The fourth-order valence-electron chi connectivity index (χ4n) is 1.69. The van der Waals surface area contributed by atoms with Crippen molar-refractivity contribution in [3.8, 4) is 11.3 Å². The number of aromatic nitrogens is 5. The van der Waals surface area contributed by atoms with Gasteiger partial charge in [0.1, 0.15) is 12.0 Å². The first kappa shape index (κ1) is 9.05. The van der Waals surface area contributed by atoms with Crippen LogP contribution in [0.1, 0.15) is 0 Å². The Kier molecular flexibility index (Phi) is 1.94. The van der Waals surface area contributed by atoms with E-state index in [0.29, 0.717) is 6.67 Å². The largest absolute Gasteiger partial charge is 0.346 e. The average molecular weight is 214 g/mol. The molecule has 0 saturated heterocycles. The number of H-pyrrole nitrogens is 1. The topological polar surface area (TPSA) is 85.4 Å². The summed E-state index contributed by atoms with van der Waals surface area (Å²) < 4.78 is 1.66. The maximum absolute atomic E-state index is 5.50. The maximum Gasteiger partial charge on any atom is 0.141 e. The monoisotopic (exact) mass is 214 g/mol. The lowest BCUT2D eigenvalue weighted by molar-refractivity contribution is 0.638. The minimum absolute atomic E-state index is 0.362. The van der Waals surface area contributed by atoms with Crippen LogP contribution in [-0.2, 0) is 6.67 Å². The second kappa shape index (κ2) is 3.42. The first-order chi connectivity index (χ1) is 7.88. The average Bonchev–Trinajstić information content (AvgIpc) is 2.97. The van der Waals surface area contributed by atoms with Gasteiger partial charge in [-0.15, -0.1) is 0 Å². The summed E-state index contributed by atoms with van der Waals surface area (Å²) in [5.41, 5.74) is 8.13. The zero-order valence-electron chi connectivity index (χ0n) is 8.46. The van der Waals surface area contributed by atoms with Gasteiger partial charge in [0.15, 0.2) is 0 Å². The summed E-state index contributed by atoms with van der Waals surface area (Å²) in [7, 11) is 0. The maximum atomic E-state index is 5.50. The van der Waals surface area contributed by atoms with Gasteiger partial charge in [0.25, 0.3) is 0 Å². The van der Waals surface area contributed by atoms with Gasteiger partial charge in [-0.1, -0.05) is 0 Å². The van der Waals surface area contributed by atoms with Crippen LogP contribution in [0, 0.1) is 0 Å². The molecule has 0 saturated carbocycles. The van der Waals surface area contributed by atoms with Crippen molar-refractivity contribution in [2.45, 2.75) is 6.67 Å². The van der Waals surface area contributed by atoms with Gasteiger partial charge >= 0.3 is 0 Å². The number of hydrogen-bond donors (Lipinski definition) is 2. The fourth-order valence-corrected chi connectivity index (χ4v) is 1.69. The van der Waals surface area contributed by atoms with Crippen molar-refractivity contribution in [3.63, 3.8) is 0 Å². The van der Waals surface area contributed by atoms with Crippen LogP contribution in [0.5, 0.6) is 0 Å². The van der Waals surface area contributed by atoms with E-state index in [1.165, 1.54) is 6.33 Å². The number of hydrogen-bond acceptors (Lipinski definition) is 4. The Bertz CT molecular complexity index is 623. The molecule has 0 bridgehead atoms. The van der Waals surface area contributed by atoms with Gasteiger partial charge < -0.3 is 10.7 Å². The number of fused-ring (bicyclic) bond motifs is 1. The third-order valence-corrected chi connectivity index (χ3v) is 2.45. The molecule has 0 spiro atoms. The molecule has 0 atom stereocenters. The predicted octanol–water partition coefficient (Wildman–Crippen LogP) is 0.738. The highest BCUT2D eigenvalue weighted by molar-refractivity contribution is 5.89. The molecule has 3 aromatic rings. The van der Waals surface area contributed by atoms with Crippen molar-refractivity contribution in [2.24, 2.45) is 5.73 Å². The predicted molar refractivity (Wildman–Crippen MR) is 59.3 cm³/mol. The second-order valence-electron chi connectivity index (χ2n) is 3.41. The molecular weight excluding hydrogens is 204 g/mol. The van der Waals surface area contributed by atoms with Crippen LogP contribution in [0.15, 0.2) is 31.0 Å². The first-order valence-electron chi connectivity index (χ1n) is 4.89. The molecule has 16 heavy (non-hydrogen) atoms. The Morgan fingerprint density at radius 3 is 3.12 bits per heavy atom. The van der Waals surface area contributed by atoms with Crippen LogP contribution >= 0.6 is 0 Å². The highest BCUT2D eigenvalue weighted by Crippen LogP contribution is 2.23. The molecule has 80 valence electrons. The van der Waals surface area contributed by atoms with Gasteiger partial charge in [-0.3, -0.25) is 4.68 Å².